The number of carbonyl (C=O) groups is 1. The summed E-state index contributed by atoms with van der Waals surface area (Å²) in [6.45, 7) is 4.24. The fourth-order valence-corrected chi connectivity index (χ4v) is 2.83. The van der Waals surface area contributed by atoms with Gasteiger partial charge in [0, 0.05) is 5.69 Å². The van der Waals surface area contributed by atoms with Crippen molar-refractivity contribution in [3.63, 3.8) is 0 Å². The zero-order valence-electron chi connectivity index (χ0n) is 12.8. The molecule has 0 aliphatic heterocycles. The Balaban J connectivity index is 1.93. The monoisotopic (exact) mass is 285 g/mol. The quantitative estimate of drug-likeness (QED) is 0.893. The van der Waals surface area contributed by atoms with Crippen LogP contribution in [0.4, 0.5) is 5.69 Å². The maximum Gasteiger partial charge on any atom is 0.240 e. The second-order valence-electron chi connectivity index (χ2n) is 5.97. The van der Waals surface area contributed by atoms with E-state index in [1.807, 2.05) is 32.0 Å². The van der Waals surface area contributed by atoms with Crippen LogP contribution in [0.15, 0.2) is 18.2 Å². The highest BCUT2D eigenvalue weighted by molar-refractivity contribution is 5.82. The maximum absolute atomic E-state index is 12.1. The summed E-state index contributed by atoms with van der Waals surface area (Å²) in [5, 5.41) is 15.5. The maximum atomic E-state index is 12.1. The number of nitrogens with one attached hydrogen (secondary N) is 2. The van der Waals surface area contributed by atoms with E-state index < -0.39 is 5.54 Å². The van der Waals surface area contributed by atoms with E-state index in [9.17, 15) is 10.1 Å². The van der Waals surface area contributed by atoms with E-state index in [2.05, 4.69) is 16.7 Å². The van der Waals surface area contributed by atoms with Gasteiger partial charge in [-0.05, 0) is 43.9 Å². The van der Waals surface area contributed by atoms with Gasteiger partial charge in [-0.1, -0.05) is 31.4 Å². The Morgan fingerprint density at radius 1 is 1.29 bits per heavy atom. The molecule has 0 radical (unpaired) electrons. The Labute approximate surface area is 126 Å². The van der Waals surface area contributed by atoms with Crippen molar-refractivity contribution in [2.24, 2.45) is 0 Å². The highest BCUT2D eigenvalue weighted by Crippen LogP contribution is 2.27. The molecule has 1 saturated carbocycles. The smallest absolute Gasteiger partial charge is 0.240 e. The van der Waals surface area contributed by atoms with Crippen molar-refractivity contribution >= 4 is 11.6 Å². The van der Waals surface area contributed by atoms with Crippen molar-refractivity contribution in [1.82, 2.24) is 5.32 Å². The Bertz CT molecular complexity index is 554. The fourth-order valence-electron chi connectivity index (χ4n) is 2.83. The van der Waals surface area contributed by atoms with Crippen LogP contribution in [-0.4, -0.2) is 18.0 Å². The summed E-state index contributed by atoms with van der Waals surface area (Å²) in [4.78, 5) is 12.1. The van der Waals surface area contributed by atoms with Crippen molar-refractivity contribution in [3.05, 3.63) is 29.3 Å². The van der Waals surface area contributed by atoms with Crippen LogP contribution in [0.2, 0.25) is 0 Å². The third-order valence-corrected chi connectivity index (χ3v) is 4.13. The van der Waals surface area contributed by atoms with Gasteiger partial charge >= 0.3 is 0 Å². The van der Waals surface area contributed by atoms with Gasteiger partial charge in [-0.15, -0.1) is 0 Å². The normalized spacial score (nSPS) is 16.8. The van der Waals surface area contributed by atoms with Crippen molar-refractivity contribution in [2.75, 3.05) is 11.9 Å². The van der Waals surface area contributed by atoms with E-state index in [1.165, 1.54) is 0 Å². The first-order chi connectivity index (χ1) is 10.0. The van der Waals surface area contributed by atoms with E-state index in [-0.39, 0.29) is 12.5 Å². The minimum Gasteiger partial charge on any atom is -0.376 e. The molecule has 1 aromatic rings. The molecule has 0 bridgehead atoms. The first-order valence-corrected chi connectivity index (χ1v) is 7.58. The number of nitriles is 1. The SMILES string of the molecule is Cc1ccc(C)c(NCC(=O)NC2(C#N)CCCCC2)c1. The number of anilines is 1. The average molecular weight is 285 g/mol. The minimum absolute atomic E-state index is 0.112. The number of nitrogens with zero attached hydrogens (tertiary/aromatic N) is 1. The Morgan fingerprint density at radius 3 is 2.67 bits per heavy atom. The lowest BCUT2D eigenvalue weighted by Crippen LogP contribution is -2.50. The van der Waals surface area contributed by atoms with Crippen LogP contribution in [0.25, 0.3) is 0 Å². The molecule has 112 valence electrons. The highest BCUT2D eigenvalue weighted by atomic mass is 16.2. The summed E-state index contributed by atoms with van der Waals surface area (Å²) in [5.41, 5.74) is 2.59. The summed E-state index contributed by atoms with van der Waals surface area (Å²) in [6.07, 6.45) is 4.70. The molecule has 0 atom stereocenters. The largest absolute Gasteiger partial charge is 0.376 e. The number of benzene rings is 1. The Kier molecular flexibility index (Phi) is 4.85. The first-order valence-electron chi connectivity index (χ1n) is 7.58. The molecule has 1 fully saturated rings. The summed E-state index contributed by atoms with van der Waals surface area (Å²) < 4.78 is 0. The molecule has 4 nitrogen and oxygen atoms in total. The number of hydrogen-bond acceptors (Lipinski definition) is 3. The number of hydrogen-bond donors (Lipinski definition) is 2. The first kappa shape index (κ1) is 15.4. The average Bonchev–Trinajstić information content (AvgIpc) is 2.49. The Hall–Kier alpha value is -2.02. The summed E-state index contributed by atoms with van der Waals surface area (Å²) >= 11 is 0. The van der Waals surface area contributed by atoms with Gasteiger partial charge < -0.3 is 10.6 Å². The van der Waals surface area contributed by atoms with Crippen molar-refractivity contribution < 1.29 is 4.79 Å². The lowest BCUT2D eigenvalue weighted by molar-refractivity contribution is -0.121. The summed E-state index contributed by atoms with van der Waals surface area (Å²) in [7, 11) is 0. The van der Waals surface area contributed by atoms with E-state index in [1.54, 1.807) is 0 Å². The van der Waals surface area contributed by atoms with Crippen molar-refractivity contribution in [1.29, 1.82) is 5.26 Å². The molecule has 1 aromatic carbocycles. The zero-order valence-corrected chi connectivity index (χ0v) is 12.8. The van der Waals surface area contributed by atoms with E-state index >= 15 is 0 Å². The molecule has 0 unspecified atom stereocenters. The van der Waals surface area contributed by atoms with Gasteiger partial charge in [-0.2, -0.15) is 5.26 Å². The molecule has 4 heteroatoms. The van der Waals surface area contributed by atoms with Gasteiger partial charge in [0.25, 0.3) is 0 Å². The molecule has 2 N–H and O–H groups in total. The van der Waals surface area contributed by atoms with E-state index in [0.29, 0.717) is 0 Å². The van der Waals surface area contributed by atoms with Gasteiger partial charge in [0.1, 0.15) is 5.54 Å². The Morgan fingerprint density at radius 2 is 2.00 bits per heavy atom. The zero-order chi connectivity index (χ0) is 15.3. The second kappa shape index (κ2) is 6.62. The van der Waals surface area contributed by atoms with Crippen LogP contribution < -0.4 is 10.6 Å². The van der Waals surface area contributed by atoms with Gasteiger partial charge in [0.2, 0.25) is 5.91 Å². The molecular formula is C17H23N3O. The number of amides is 1. The number of carbonyl (C=O) groups excluding carboxylic acids is 1. The van der Waals surface area contributed by atoms with Crippen LogP contribution >= 0.6 is 0 Å². The molecule has 2 rings (SSSR count). The molecular weight excluding hydrogens is 262 g/mol. The summed E-state index contributed by atoms with van der Waals surface area (Å²) in [6, 6.07) is 8.42. The lowest BCUT2D eigenvalue weighted by Gasteiger charge is -2.31. The molecule has 0 saturated heterocycles. The van der Waals surface area contributed by atoms with Gasteiger partial charge in [-0.3, -0.25) is 4.79 Å². The van der Waals surface area contributed by atoms with E-state index in [4.69, 9.17) is 0 Å². The minimum atomic E-state index is -0.654. The van der Waals surface area contributed by atoms with Gasteiger partial charge in [0.15, 0.2) is 0 Å². The molecule has 1 amide bonds. The van der Waals surface area contributed by atoms with Crippen LogP contribution in [0.3, 0.4) is 0 Å². The summed E-state index contributed by atoms with van der Waals surface area (Å²) in [5.74, 6) is -0.112. The third-order valence-electron chi connectivity index (χ3n) is 4.13. The highest BCUT2D eigenvalue weighted by Gasteiger charge is 2.33. The standard InChI is InChI=1S/C17H23N3O/c1-13-6-7-14(2)15(10-13)19-11-16(21)20-17(12-18)8-4-3-5-9-17/h6-7,10,19H,3-5,8-9,11H2,1-2H3,(H,20,21). The third kappa shape index (κ3) is 3.98. The van der Waals surface area contributed by atoms with E-state index in [0.717, 1.165) is 48.9 Å². The van der Waals surface area contributed by atoms with Gasteiger partial charge in [0.05, 0.1) is 12.6 Å². The lowest BCUT2D eigenvalue weighted by atomic mass is 9.83. The van der Waals surface area contributed by atoms with Crippen LogP contribution in [0, 0.1) is 25.2 Å². The molecule has 1 aliphatic rings. The molecule has 1 aliphatic carbocycles. The predicted octanol–water partition coefficient (Wildman–Crippen LogP) is 3.06. The molecule has 0 heterocycles. The van der Waals surface area contributed by atoms with Crippen LogP contribution in [0.5, 0.6) is 0 Å². The predicted molar refractivity (Wildman–Crippen MR) is 84.0 cm³/mol. The topological polar surface area (TPSA) is 64.9 Å². The van der Waals surface area contributed by atoms with Gasteiger partial charge in [-0.25, -0.2) is 0 Å². The molecule has 0 spiro atoms. The fraction of sp³-hybridized carbons (Fsp3) is 0.529. The second-order valence-corrected chi connectivity index (χ2v) is 5.97. The van der Waals surface area contributed by atoms with Crippen molar-refractivity contribution in [3.8, 4) is 6.07 Å². The van der Waals surface area contributed by atoms with Crippen molar-refractivity contribution in [2.45, 2.75) is 51.5 Å². The number of aryl methyl sites for hydroxylation is 2. The van der Waals surface area contributed by atoms with Crippen LogP contribution in [0.1, 0.15) is 43.2 Å². The molecule has 21 heavy (non-hydrogen) atoms. The van der Waals surface area contributed by atoms with Crippen LogP contribution in [-0.2, 0) is 4.79 Å². The number of rotatable bonds is 4. The molecule has 0 aromatic heterocycles.